The van der Waals surface area contributed by atoms with Crippen LogP contribution in [-0.2, 0) is 6.42 Å². The maximum absolute atomic E-state index is 3.14. The third-order valence-corrected chi connectivity index (χ3v) is 3.81. The minimum atomic E-state index is 0.656. The second-order valence-corrected chi connectivity index (χ2v) is 5.17. The van der Waals surface area contributed by atoms with Gasteiger partial charge in [-0.3, -0.25) is 0 Å². The average Bonchev–Trinajstić information content (AvgIpc) is 2.48. The molecule has 1 N–H and O–H groups in total. The van der Waals surface area contributed by atoms with Crippen molar-refractivity contribution in [2.24, 2.45) is 0 Å². The zero-order chi connectivity index (χ0) is 13.7. The number of rotatable bonds is 5. The van der Waals surface area contributed by atoms with Crippen LogP contribution >= 0.6 is 0 Å². The van der Waals surface area contributed by atoms with Gasteiger partial charge in [0.2, 0.25) is 0 Å². The van der Waals surface area contributed by atoms with Gasteiger partial charge in [0.15, 0.2) is 0 Å². The van der Waals surface area contributed by atoms with Crippen molar-refractivity contribution >= 4 is 5.69 Å². The summed E-state index contributed by atoms with van der Waals surface area (Å²) in [6.07, 6.45) is 2.20. The van der Waals surface area contributed by atoms with E-state index in [2.05, 4.69) is 67.7 Å². The van der Waals surface area contributed by atoms with Crippen LogP contribution in [0.2, 0.25) is 0 Å². The van der Waals surface area contributed by atoms with Crippen LogP contribution in [0.1, 0.15) is 42.9 Å². The fraction of sp³-hybridized carbons (Fsp3) is 0.333. The zero-order valence-electron chi connectivity index (χ0n) is 12.1. The molecule has 0 bridgehead atoms. The van der Waals surface area contributed by atoms with Crippen molar-refractivity contribution in [3.8, 4) is 0 Å². The Kier molecular flexibility index (Phi) is 4.62. The second-order valence-electron chi connectivity index (χ2n) is 5.17. The van der Waals surface area contributed by atoms with Crippen LogP contribution in [0, 0.1) is 0 Å². The fourth-order valence-electron chi connectivity index (χ4n) is 2.22. The Hall–Kier alpha value is -1.76. The van der Waals surface area contributed by atoms with Gasteiger partial charge in [0, 0.05) is 12.7 Å². The van der Waals surface area contributed by atoms with E-state index in [4.69, 9.17) is 0 Å². The van der Waals surface area contributed by atoms with Gasteiger partial charge in [0.25, 0.3) is 0 Å². The van der Waals surface area contributed by atoms with Crippen LogP contribution < -0.4 is 5.32 Å². The lowest BCUT2D eigenvalue weighted by Crippen LogP contribution is -1.93. The van der Waals surface area contributed by atoms with Gasteiger partial charge in [-0.25, -0.2) is 0 Å². The summed E-state index contributed by atoms with van der Waals surface area (Å²) in [6, 6.07) is 17.7. The van der Waals surface area contributed by atoms with Gasteiger partial charge in [-0.2, -0.15) is 0 Å². The van der Waals surface area contributed by atoms with Crippen LogP contribution in [-0.4, -0.2) is 7.05 Å². The summed E-state index contributed by atoms with van der Waals surface area (Å²) in [5.74, 6) is 0.656. The number of nitrogens with one attached hydrogen (secondary N) is 1. The van der Waals surface area contributed by atoms with Gasteiger partial charge in [0.05, 0.1) is 0 Å². The lowest BCUT2D eigenvalue weighted by Gasteiger charge is -2.10. The Bertz CT molecular complexity index is 496. The van der Waals surface area contributed by atoms with E-state index >= 15 is 0 Å². The van der Waals surface area contributed by atoms with Crippen molar-refractivity contribution in [2.45, 2.75) is 32.6 Å². The highest BCUT2D eigenvalue weighted by atomic mass is 14.8. The molecule has 2 rings (SSSR count). The van der Waals surface area contributed by atoms with Crippen LogP contribution in [0.5, 0.6) is 0 Å². The van der Waals surface area contributed by atoms with E-state index in [0.29, 0.717) is 5.92 Å². The van der Waals surface area contributed by atoms with Gasteiger partial charge in [-0.05, 0) is 47.6 Å². The molecule has 19 heavy (non-hydrogen) atoms. The molecule has 0 aliphatic carbocycles. The lowest BCUT2D eigenvalue weighted by atomic mass is 9.96. The van der Waals surface area contributed by atoms with E-state index in [1.165, 1.54) is 23.1 Å². The average molecular weight is 253 g/mol. The molecule has 0 saturated carbocycles. The molecule has 1 unspecified atom stereocenters. The number of hydrogen-bond acceptors (Lipinski definition) is 1. The highest BCUT2D eigenvalue weighted by Gasteiger charge is 2.03. The minimum Gasteiger partial charge on any atom is -0.388 e. The fourth-order valence-corrected chi connectivity index (χ4v) is 2.22. The van der Waals surface area contributed by atoms with E-state index in [0.717, 1.165) is 12.1 Å². The van der Waals surface area contributed by atoms with E-state index in [9.17, 15) is 0 Å². The van der Waals surface area contributed by atoms with Crippen LogP contribution in [0.4, 0.5) is 5.69 Å². The van der Waals surface area contributed by atoms with Gasteiger partial charge >= 0.3 is 0 Å². The molecular formula is C18H23N. The van der Waals surface area contributed by atoms with Gasteiger partial charge in [-0.1, -0.05) is 50.2 Å². The molecule has 0 saturated heterocycles. The number of benzene rings is 2. The highest BCUT2D eigenvalue weighted by Crippen LogP contribution is 2.20. The monoisotopic (exact) mass is 253 g/mol. The predicted molar refractivity (Wildman–Crippen MR) is 83.9 cm³/mol. The largest absolute Gasteiger partial charge is 0.388 e. The maximum atomic E-state index is 3.14. The summed E-state index contributed by atoms with van der Waals surface area (Å²) in [6.45, 7) is 4.52. The molecule has 2 aromatic carbocycles. The highest BCUT2D eigenvalue weighted by molar-refractivity contribution is 5.44. The Morgan fingerprint density at radius 3 is 1.89 bits per heavy atom. The first kappa shape index (κ1) is 13.7. The molecular weight excluding hydrogens is 230 g/mol. The Morgan fingerprint density at radius 1 is 0.895 bits per heavy atom. The third kappa shape index (κ3) is 3.60. The molecule has 1 atom stereocenters. The summed E-state index contributed by atoms with van der Waals surface area (Å²) < 4.78 is 0. The summed E-state index contributed by atoms with van der Waals surface area (Å²) in [4.78, 5) is 0. The summed E-state index contributed by atoms with van der Waals surface area (Å²) in [5.41, 5.74) is 5.34. The first-order valence-corrected chi connectivity index (χ1v) is 7.08. The van der Waals surface area contributed by atoms with Crippen molar-refractivity contribution in [2.75, 3.05) is 12.4 Å². The first-order chi connectivity index (χ1) is 9.22. The molecule has 0 aromatic heterocycles. The van der Waals surface area contributed by atoms with Crippen molar-refractivity contribution < 1.29 is 0 Å². The molecule has 100 valence electrons. The summed E-state index contributed by atoms with van der Waals surface area (Å²) in [5, 5.41) is 3.14. The molecule has 0 amide bonds. The molecule has 0 aliphatic rings. The Balaban J connectivity index is 2.06. The van der Waals surface area contributed by atoms with Crippen LogP contribution in [0.25, 0.3) is 0 Å². The topological polar surface area (TPSA) is 12.0 Å². The normalized spacial score (nSPS) is 12.2. The molecule has 0 radical (unpaired) electrons. The molecule has 0 fully saturated rings. The molecule has 0 heterocycles. The van der Waals surface area contributed by atoms with Crippen molar-refractivity contribution in [3.05, 3.63) is 65.2 Å². The molecule has 0 aliphatic heterocycles. The summed E-state index contributed by atoms with van der Waals surface area (Å²) >= 11 is 0. The number of hydrogen-bond donors (Lipinski definition) is 1. The van der Waals surface area contributed by atoms with E-state index in [1.54, 1.807) is 0 Å². The smallest absolute Gasteiger partial charge is 0.0337 e. The third-order valence-electron chi connectivity index (χ3n) is 3.81. The Morgan fingerprint density at radius 2 is 1.42 bits per heavy atom. The molecule has 0 spiro atoms. The van der Waals surface area contributed by atoms with Gasteiger partial charge < -0.3 is 5.32 Å². The Labute approximate surface area is 116 Å². The predicted octanol–water partition coefficient (Wildman–Crippen LogP) is 4.83. The van der Waals surface area contributed by atoms with E-state index in [1.807, 2.05) is 7.05 Å². The standard InChI is InChI=1S/C18H23N/c1-4-14(2)17-9-5-15(6-10-17)13-16-7-11-18(19-3)12-8-16/h5-12,14,19H,4,13H2,1-3H3. The lowest BCUT2D eigenvalue weighted by molar-refractivity contribution is 0.733. The SMILES string of the molecule is CCC(C)c1ccc(Cc2ccc(NC)cc2)cc1. The quantitative estimate of drug-likeness (QED) is 0.804. The summed E-state index contributed by atoms with van der Waals surface area (Å²) in [7, 11) is 1.95. The van der Waals surface area contributed by atoms with Crippen molar-refractivity contribution in [3.63, 3.8) is 0 Å². The second kappa shape index (κ2) is 6.42. The van der Waals surface area contributed by atoms with Crippen molar-refractivity contribution in [1.29, 1.82) is 0 Å². The number of anilines is 1. The van der Waals surface area contributed by atoms with E-state index in [-0.39, 0.29) is 0 Å². The van der Waals surface area contributed by atoms with Gasteiger partial charge in [-0.15, -0.1) is 0 Å². The zero-order valence-corrected chi connectivity index (χ0v) is 12.1. The minimum absolute atomic E-state index is 0.656. The molecule has 1 heteroatoms. The van der Waals surface area contributed by atoms with Crippen LogP contribution in [0.15, 0.2) is 48.5 Å². The maximum Gasteiger partial charge on any atom is 0.0337 e. The van der Waals surface area contributed by atoms with Gasteiger partial charge in [0.1, 0.15) is 0 Å². The van der Waals surface area contributed by atoms with Crippen molar-refractivity contribution in [1.82, 2.24) is 0 Å². The molecule has 1 nitrogen and oxygen atoms in total. The van der Waals surface area contributed by atoms with E-state index < -0.39 is 0 Å². The first-order valence-electron chi connectivity index (χ1n) is 7.08. The van der Waals surface area contributed by atoms with Crippen LogP contribution in [0.3, 0.4) is 0 Å². The molecule has 2 aromatic rings.